The lowest BCUT2D eigenvalue weighted by Gasteiger charge is -2.49. The molecule has 1 aliphatic carbocycles. The Kier molecular flexibility index (Phi) is 3.47. The molecule has 6 heteroatoms. The number of fused-ring (bicyclic) bond motifs is 1. The highest BCUT2D eigenvalue weighted by Crippen LogP contribution is 2.39. The summed E-state index contributed by atoms with van der Waals surface area (Å²) in [6.07, 6.45) is 1.48. The van der Waals surface area contributed by atoms with E-state index in [1.807, 2.05) is 0 Å². The van der Waals surface area contributed by atoms with Gasteiger partial charge in [-0.2, -0.15) is 0 Å². The number of nitrogens with zero attached hydrogens (tertiary/aromatic N) is 1. The highest BCUT2D eigenvalue weighted by Gasteiger charge is 2.49. The monoisotopic (exact) mass is 274 g/mol. The van der Waals surface area contributed by atoms with Gasteiger partial charge >= 0.3 is 0 Å². The van der Waals surface area contributed by atoms with Crippen LogP contribution in [0.15, 0.2) is 0 Å². The minimum atomic E-state index is -2.66. The normalized spacial score (nSPS) is 36.1. The average molecular weight is 274 g/mol. The number of carbonyl (C=O) groups excluding carboxylic acids is 1. The van der Waals surface area contributed by atoms with Crippen LogP contribution in [-0.4, -0.2) is 54.6 Å². The number of morpholine rings is 1. The fourth-order valence-electron chi connectivity index (χ4n) is 3.55. The molecule has 19 heavy (non-hydrogen) atoms. The first kappa shape index (κ1) is 13.2. The Bertz CT molecular complexity index is 359. The van der Waals surface area contributed by atoms with Gasteiger partial charge in [0.2, 0.25) is 11.8 Å². The summed E-state index contributed by atoms with van der Waals surface area (Å²) in [5.74, 6) is -2.78. The van der Waals surface area contributed by atoms with Crippen LogP contribution in [0.3, 0.4) is 0 Å². The highest BCUT2D eigenvalue weighted by molar-refractivity contribution is 5.79. The molecule has 2 aliphatic heterocycles. The SMILES string of the molecule is O=C1CO[C@H]2CCC(F)(F)C[C@@H]2N1C1CCNCC1. The number of nitrogens with one attached hydrogen (secondary N) is 1. The number of amides is 1. The number of hydrogen-bond acceptors (Lipinski definition) is 3. The molecule has 0 bridgehead atoms. The van der Waals surface area contributed by atoms with Gasteiger partial charge in [0.05, 0.1) is 12.1 Å². The molecule has 2 heterocycles. The molecule has 0 aromatic carbocycles. The van der Waals surface area contributed by atoms with Gasteiger partial charge in [0.1, 0.15) is 6.61 Å². The molecule has 0 radical (unpaired) electrons. The molecule has 1 amide bonds. The molecule has 2 saturated heterocycles. The van der Waals surface area contributed by atoms with E-state index in [0.717, 1.165) is 25.9 Å². The number of piperidine rings is 1. The van der Waals surface area contributed by atoms with E-state index in [9.17, 15) is 13.6 Å². The van der Waals surface area contributed by atoms with Crippen molar-refractivity contribution in [2.45, 2.75) is 56.2 Å². The smallest absolute Gasteiger partial charge is 0.250 e. The predicted octanol–water partition coefficient (Wildman–Crippen LogP) is 1.15. The molecular formula is C13H20F2N2O2. The predicted molar refractivity (Wildman–Crippen MR) is 65.1 cm³/mol. The number of halogens is 2. The van der Waals surface area contributed by atoms with Crippen LogP contribution in [0.1, 0.15) is 32.1 Å². The molecule has 0 unspecified atom stereocenters. The molecule has 3 rings (SSSR count). The Morgan fingerprint density at radius 1 is 1.26 bits per heavy atom. The summed E-state index contributed by atoms with van der Waals surface area (Å²) in [7, 11) is 0. The molecule has 0 aromatic heterocycles. The van der Waals surface area contributed by atoms with Gasteiger partial charge in [-0.25, -0.2) is 8.78 Å². The lowest BCUT2D eigenvalue weighted by Crippen LogP contribution is -2.62. The molecule has 1 N–H and O–H groups in total. The quantitative estimate of drug-likeness (QED) is 0.780. The second-order valence-electron chi connectivity index (χ2n) is 5.80. The van der Waals surface area contributed by atoms with Gasteiger partial charge in [-0.3, -0.25) is 4.79 Å². The minimum Gasteiger partial charge on any atom is -0.366 e. The zero-order valence-corrected chi connectivity index (χ0v) is 10.9. The van der Waals surface area contributed by atoms with Gasteiger partial charge in [-0.05, 0) is 32.4 Å². The Morgan fingerprint density at radius 3 is 2.74 bits per heavy atom. The molecule has 0 aromatic rings. The van der Waals surface area contributed by atoms with Crippen LogP contribution in [0.25, 0.3) is 0 Å². The van der Waals surface area contributed by atoms with Crippen LogP contribution >= 0.6 is 0 Å². The second-order valence-corrected chi connectivity index (χ2v) is 5.80. The molecule has 108 valence electrons. The van der Waals surface area contributed by atoms with Gasteiger partial charge < -0.3 is 15.0 Å². The first-order chi connectivity index (χ1) is 9.07. The fraction of sp³-hybridized carbons (Fsp3) is 0.923. The zero-order valence-electron chi connectivity index (χ0n) is 10.9. The van der Waals surface area contributed by atoms with Gasteiger partial charge in [-0.15, -0.1) is 0 Å². The van der Waals surface area contributed by atoms with Crippen molar-refractivity contribution in [1.29, 1.82) is 0 Å². The lowest BCUT2D eigenvalue weighted by molar-refractivity contribution is -0.182. The Hall–Kier alpha value is -0.750. The van der Waals surface area contributed by atoms with Gasteiger partial charge in [0, 0.05) is 18.9 Å². The Labute approximate surface area is 111 Å². The third-order valence-electron chi connectivity index (χ3n) is 4.50. The van der Waals surface area contributed by atoms with Crippen LogP contribution in [0.5, 0.6) is 0 Å². The van der Waals surface area contributed by atoms with Crippen molar-refractivity contribution >= 4 is 5.91 Å². The first-order valence-electron chi connectivity index (χ1n) is 7.08. The maximum Gasteiger partial charge on any atom is 0.250 e. The van der Waals surface area contributed by atoms with Crippen molar-refractivity contribution in [3.8, 4) is 0 Å². The fourth-order valence-corrected chi connectivity index (χ4v) is 3.55. The van der Waals surface area contributed by atoms with Crippen LogP contribution < -0.4 is 5.32 Å². The standard InChI is InChI=1S/C13H20F2N2O2/c14-13(15)4-1-11-10(7-13)17(12(18)8-19-11)9-2-5-16-6-3-9/h9-11,16H,1-8H2/t10-,11-/m0/s1. The van der Waals surface area contributed by atoms with Crippen LogP contribution in [0.2, 0.25) is 0 Å². The summed E-state index contributed by atoms with van der Waals surface area (Å²) in [5.41, 5.74) is 0. The number of carbonyl (C=O) groups is 1. The van der Waals surface area contributed by atoms with Crippen molar-refractivity contribution in [2.75, 3.05) is 19.7 Å². The van der Waals surface area contributed by atoms with Gasteiger partial charge in [0.25, 0.3) is 0 Å². The Balaban J connectivity index is 1.79. The summed E-state index contributed by atoms with van der Waals surface area (Å²) < 4.78 is 32.7. The summed E-state index contributed by atoms with van der Waals surface area (Å²) in [5, 5.41) is 3.24. The summed E-state index contributed by atoms with van der Waals surface area (Å²) in [6, 6.07) is -0.341. The summed E-state index contributed by atoms with van der Waals surface area (Å²) >= 11 is 0. The topological polar surface area (TPSA) is 41.6 Å². The molecule has 1 saturated carbocycles. The van der Waals surface area contributed by atoms with E-state index >= 15 is 0 Å². The third-order valence-corrected chi connectivity index (χ3v) is 4.50. The van der Waals surface area contributed by atoms with E-state index in [1.165, 1.54) is 0 Å². The van der Waals surface area contributed by atoms with E-state index in [-0.39, 0.29) is 37.5 Å². The zero-order chi connectivity index (χ0) is 13.5. The molecule has 3 fully saturated rings. The van der Waals surface area contributed by atoms with E-state index in [0.29, 0.717) is 6.42 Å². The molecule has 0 spiro atoms. The van der Waals surface area contributed by atoms with Crippen LogP contribution in [-0.2, 0) is 9.53 Å². The van der Waals surface area contributed by atoms with Crippen molar-refractivity contribution < 1.29 is 18.3 Å². The number of alkyl halides is 2. The van der Waals surface area contributed by atoms with E-state index in [4.69, 9.17) is 4.74 Å². The largest absolute Gasteiger partial charge is 0.366 e. The van der Waals surface area contributed by atoms with Crippen molar-refractivity contribution in [3.05, 3.63) is 0 Å². The first-order valence-corrected chi connectivity index (χ1v) is 7.08. The van der Waals surface area contributed by atoms with E-state index in [2.05, 4.69) is 5.32 Å². The van der Waals surface area contributed by atoms with Crippen LogP contribution in [0.4, 0.5) is 8.78 Å². The Morgan fingerprint density at radius 2 is 2.00 bits per heavy atom. The van der Waals surface area contributed by atoms with Gasteiger partial charge in [0.15, 0.2) is 0 Å². The maximum absolute atomic E-state index is 13.6. The molecule has 3 aliphatic rings. The summed E-state index contributed by atoms with van der Waals surface area (Å²) in [4.78, 5) is 13.8. The molecule has 4 nitrogen and oxygen atoms in total. The molecule has 2 atom stereocenters. The number of hydrogen-bond donors (Lipinski definition) is 1. The third kappa shape index (κ3) is 2.60. The second kappa shape index (κ2) is 4.98. The lowest BCUT2D eigenvalue weighted by atomic mass is 9.85. The van der Waals surface area contributed by atoms with E-state index in [1.54, 1.807) is 4.90 Å². The summed E-state index contributed by atoms with van der Waals surface area (Å²) in [6.45, 7) is 1.75. The maximum atomic E-state index is 13.6. The van der Waals surface area contributed by atoms with Crippen molar-refractivity contribution in [2.24, 2.45) is 0 Å². The van der Waals surface area contributed by atoms with Gasteiger partial charge in [-0.1, -0.05) is 0 Å². The van der Waals surface area contributed by atoms with Crippen molar-refractivity contribution in [1.82, 2.24) is 10.2 Å². The number of ether oxygens (including phenoxy) is 1. The average Bonchev–Trinajstić information content (AvgIpc) is 2.38. The molecular weight excluding hydrogens is 254 g/mol. The highest BCUT2D eigenvalue weighted by atomic mass is 19.3. The number of rotatable bonds is 1. The van der Waals surface area contributed by atoms with E-state index < -0.39 is 12.0 Å². The van der Waals surface area contributed by atoms with Crippen LogP contribution in [0, 0.1) is 0 Å². The minimum absolute atomic E-state index is 0.0522. The van der Waals surface area contributed by atoms with Crippen molar-refractivity contribution in [3.63, 3.8) is 0 Å².